The van der Waals surface area contributed by atoms with Crippen LogP contribution in [0.4, 0.5) is 0 Å². The van der Waals surface area contributed by atoms with E-state index in [1.165, 1.54) is 7.11 Å². The lowest BCUT2D eigenvalue weighted by atomic mass is 10.2. The normalized spacial score (nSPS) is 29.8. The number of carbonyl (C=O) groups excluding carboxylic acids is 2. The SMILES string of the molecule is COC(=O)[C@H]1C[C@H](N)C(=O)O1. The lowest BCUT2D eigenvalue weighted by Gasteiger charge is -2.03. The molecule has 0 bridgehead atoms. The van der Waals surface area contributed by atoms with E-state index in [2.05, 4.69) is 9.47 Å². The summed E-state index contributed by atoms with van der Waals surface area (Å²) < 4.78 is 8.95. The Labute approximate surface area is 63.4 Å². The second-order valence-corrected chi connectivity index (χ2v) is 2.29. The third-order valence-electron chi connectivity index (χ3n) is 1.49. The minimum Gasteiger partial charge on any atom is -0.466 e. The first-order valence-electron chi connectivity index (χ1n) is 3.19. The summed E-state index contributed by atoms with van der Waals surface area (Å²) in [6.45, 7) is 0. The largest absolute Gasteiger partial charge is 0.466 e. The Morgan fingerprint density at radius 3 is 2.82 bits per heavy atom. The van der Waals surface area contributed by atoms with Crippen molar-refractivity contribution in [2.45, 2.75) is 18.6 Å². The summed E-state index contributed by atoms with van der Waals surface area (Å²) in [6.07, 6.45) is -0.589. The highest BCUT2D eigenvalue weighted by atomic mass is 16.6. The molecule has 0 aromatic rings. The van der Waals surface area contributed by atoms with E-state index in [9.17, 15) is 9.59 Å². The van der Waals surface area contributed by atoms with E-state index in [0.717, 1.165) is 0 Å². The molecule has 5 heteroatoms. The predicted molar refractivity (Wildman–Crippen MR) is 34.5 cm³/mol. The number of esters is 2. The fraction of sp³-hybridized carbons (Fsp3) is 0.667. The van der Waals surface area contributed by atoms with E-state index in [1.807, 2.05) is 0 Å². The van der Waals surface area contributed by atoms with Gasteiger partial charge in [0.2, 0.25) is 6.10 Å². The Hall–Kier alpha value is -1.10. The Morgan fingerprint density at radius 2 is 2.45 bits per heavy atom. The highest BCUT2D eigenvalue weighted by Gasteiger charge is 2.36. The van der Waals surface area contributed by atoms with Crippen LogP contribution < -0.4 is 5.73 Å². The topological polar surface area (TPSA) is 78.6 Å². The van der Waals surface area contributed by atoms with Crippen LogP contribution in [0, 0.1) is 0 Å². The van der Waals surface area contributed by atoms with Gasteiger partial charge in [0.25, 0.3) is 0 Å². The summed E-state index contributed by atoms with van der Waals surface area (Å²) in [5.74, 6) is -1.09. The number of cyclic esters (lactones) is 1. The molecule has 2 N–H and O–H groups in total. The monoisotopic (exact) mass is 159 g/mol. The molecule has 0 radical (unpaired) electrons. The van der Waals surface area contributed by atoms with Crippen LogP contribution in [0.2, 0.25) is 0 Å². The highest BCUT2D eigenvalue weighted by Crippen LogP contribution is 2.13. The van der Waals surface area contributed by atoms with Crippen molar-refractivity contribution in [3.05, 3.63) is 0 Å². The molecule has 0 aliphatic carbocycles. The fourth-order valence-corrected chi connectivity index (χ4v) is 0.878. The minimum absolute atomic E-state index is 0.214. The molecule has 2 atom stereocenters. The number of methoxy groups -OCH3 is 1. The van der Waals surface area contributed by atoms with E-state index in [1.54, 1.807) is 0 Å². The van der Waals surface area contributed by atoms with Gasteiger partial charge in [0, 0.05) is 6.42 Å². The second kappa shape index (κ2) is 2.87. The summed E-state index contributed by atoms with van der Waals surface area (Å²) in [5.41, 5.74) is 5.28. The summed E-state index contributed by atoms with van der Waals surface area (Å²) in [7, 11) is 1.24. The van der Waals surface area contributed by atoms with Gasteiger partial charge in [-0.3, -0.25) is 4.79 Å². The van der Waals surface area contributed by atoms with Crippen molar-refractivity contribution >= 4 is 11.9 Å². The molecule has 1 heterocycles. The van der Waals surface area contributed by atoms with Gasteiger partial charge < -0.3 is 15.2 Å². The molecular weight excluding hydrogens is 150 g/mol. The molecule has 0 saturated carbocycles. The quantitative estimate of drug-likeness (QED) is 0.486. The molecule has 0 unspecified atom stereocenters. The van der Waals surface area contributed by atoms with Gasteiger partial charge in [0.15, 0.2) is 0 Å². The van der Waals surface area contributed by atoms with Gasteiger partial charge in [-0.05, 0) is 0 Å². The molecule has 1 aliphatic rings. The van der Waals surface area contributed by atoms with Gasteiger partial charge in [-0.2, -0.15) is 0 Å². The van der Waals surface area contributed by atoms with Crippen LogP contribution in [0.5, 0.6) is 0 Å². The Balaban J connectivity index is 2.53. The van der Waals surface area contributed by atoms with Gasteiger partial charge in [-0.25, -0.2) is 4.79 Å². The zero-order valence-corrected chi connectivity index (χ0v) is 6.07. The molecule has 1 fully saturated rings. The van der Waals surface area contributed by atoms with Gasteiger partial charge in [-0.1, -0.05) is 0 Å². The standard InChI is InChI=1S/C6H9NO4/c1-10-6(9)4-2-3(7)5(8)11-4/h3-4H,2,7H2,1H3/t3-,4+/m0/s1. The summed E-state index contributed by atoms with van der Waals surface area (Å²) in [5, 5.41) is 0. The Morgan fingerprint density at radius 1 is 1.82 bits per heavy atom. The molecule has 1 aliphatic heterocycles. The van der Waals surface area contributed by atoms with Crippen LogP contribution in [0.25, 0.3) is 0 Å². The zero-order valence-electron chi connectivity index (χ0n) is 6.07. The molecule has 0 aromatic carbocycles. The van der Waals surface area contributed by atoms with Gasteiger partial charge in [0.05, 0.1) is 7.11 Å². The Bertz CT molecular complexity index is 191. The first-order valence-corrected chi connectivity index (χ1v) is 3.19. The number of hydrogen-bond donors (Lipinski definition) is 1. The molecule has 62 valence electrons. The number of hydrogen-bond acceptors (Lipinski definition) is 5. The lowest BCUT2D eigenvalue weighted by Crippen LogP contribution is -2.25. The van der Waals surface area contributed by atoms with Crippen molar-refractivity contribution in [1.29, 1.82) is 0 Å². The number of rotatable bonds is 1. The van der Waals surface area contributed by atoms with Crippen molar-refractivity contribution in [2.24, 2.45) is 5.73 Å². The Kier molecular flexibility index (Phi) is 2.09. The average molecular weight is 159 g/mol. The lowest BCUT2D eigenvalue weighted by molar-refractivity contribution is -0.159. The molecule has 0 aromatic heterocycles. The van der Waals surface area contributed by atoms with Crippen LogP contribution in [-0.4, -0.2) is 31.2 Å². The maximum atomic E-state index is 10.8. The highest BCUT2D eigenvalue weighted by molar-refractivity contribution is 5.85. The first kappa shape index (κ1) is 8.00. The predicted octanol–water partition coefficient (Wildman–Crippen LogP) is -1.20. The molecule has 1 rings (SSSR count). The smallest absolute Gasteiger partial charge is 0.347 e. The third kappa shape index (κ3) is 1.48. The maximum Gasteiger partial charge on any atom is 0.347 e. The first-order chi connectivity index (χ1) is 5.15. The summed E-state index contributed by atoms with van der Waals surface area (Å²) in [4.78, 5) is 21.4. The van der Waals surface area contributed by atoms with Crippen molar-refractivity contribution in [1.82, 2.24) is 0 Å². The minimum atomic E-state index is -0.803. The molecular formula is C6H9NO4. The number of carbonyl (C=O) groups is 2. The molecule has 11 heavy (non-hydrogen) atoms. The van der Waals surface area contributed by atoms with Gasteiger partial charge >= 0.3 is 11.9 Å². The van der Waals surface area contributed by atoms with E-state index in [-0.39, 0.29) is 6.42 Å². The third-order valence-corrected chi connectivity index (χ3v) is 1.49. The van der Waals surface area contributed by atoms with Crippen LogP contribution in [0.3, 0.4) is 0 Å². The zero-order chi connectivity index (χ0) is 8.43. The second-order valence-electron chi connectivity index (χ2n) is 2.29. The fourth-order valence-electron chi connectivity index (χ4n) is 0.878. The van der Waals surface area contributed by atoms with E-state index >= 15 is 0 Å². The van der Waals surface area contributed by atoms with Crippen LogP contribution in [0.1, 0.15) is 6.42 Å². The molecule has 1 saturated heterocycles. The van der Waals surface area contributed by atoms with Gasteiger partial charge in [-0.15, -0.1) is 0 Å². The van der Waals surface area contributed by atoms with Crippen LogP contribution >= 0.6 is 0 Å². The van der Waals surface area contributed by atoms with Crippen molar-refractivity contribution in [2.75, 3.05) is 7.11 Å². The molecule has 5 nitrogen and oxygen atoms in total. The molecule has 0 spiro atoms. The number of nitrogens with two attached hydrogens (primary N) is 1. The number of ether oxygens (including phenoxy) is 2. The maximum absolute atomic E-state index is 10.8. The van der Waals surface area contributed by atoms with Crippen molar-refractivity contribution in [3.63, 3.8) is 0 Å². The van der Waals surface area contributed by atoms with Crippen LogP contribution in [-0.2, 0) is 19.1 Å². The summed E-state index contributed by atoms with van der Waals surface area (Å²) >= 11 is 0. The van der Waals surface area contributed by atoms with E-state index in [0.29, 0.717) is 0 Å². The van der Waals surface area contributed by atoms with Crippen molar-refractivity contribution < 1.29 is 19.1 Å². The van der Waals surface area contributed by atoms with Gasteiger partial charge in [0.1, 0.15) is 6.04 Å². The van der Waals surface area contributed by atoms with Crippen LogP contribution in [0.15, 0.2) is 0 Å². The summed E-state index contributed by atoms with van der Waals surface area (Å²) in [6, 6.07) is -0.681. The van der Waals surface area contributed by atoms with E-state index in [4.69, 9.17) is 5.73 Å². The van der Waals surface area contributed by atoms with Crippen molar-refractivity contribution in [3.8, 4) is 0 Å². The van der Waals surface area contributed by atoms with E-state index < -0.39 is 24.1 Å². The molecule has 0 amide bonds. The average Bonchev–Trinajstić information content (AvgIpc) is 2.31.